The predicted octanol–water partition coefficient (Wildman–Crippen LogP) is 7.01. The summed E-state index contributed by atoms with van der Waals surface area (Å²) in [6, 6.07) is 39.4. The minimum absolute atomic E-state index is 0. The van der Waals surface area contributed by atoms with Crippen molar-refractivity contribution in [2.75, 3.05) is 0 Å². The number of hydrogen-bond acceptors (Lipinski definition) is 4. The second-order valence-electron chi connectivity index (χ2n) is 9.59. The molecule has 0 amide bonds. The van der Waals surface area contributed by atoms with Crippen LogP contribution in [0.3, 0.4) is 0 Å². The third-order valence-corrected chi connectivity index (χ3v) is 7.32. The van der Waals surface area contributed by atoms with Gasteiger partial charge in [0, 0.05) is 29.6 Å². The van der Waals surface area contributed by atoms with Gasteiger partial charge in [0.15, 0.2) is 0 Å². The first kappa shape index (κ1) is 23.8. The number of pyridine rings is 1. The van der Waals surface area contributed by atoms with Crippen LogP contribution in [0.25, 0.3) is 27.6 Å². The molecule has 1 aliphatic heterocycles. The Kier molecular flexibility index (Phi) is 5.81. The molecule has 0 N–H and O–H groups in total. The summed E-state index contributed by atoms with van der Waals surface area (Å²) in [5.74, 6) is 2.65. The van der Waals surface area contributed by atoms with Gasteiger partial charge < -0.3 is 14.0 Å². The van der Waals surface area contributed by atoms with E-state index in [4.69, 9.17) is 14.5 Å². The van der Waals surface area contributed by atoms with Crippen LogP contribution in [0.15, 0.2) is 108 Å². The molecule has 1 aliphatic carbocycles. The van der Waals surface area contributed by atoms with Crippen LogP contribution in [-0.2, 0) is 31.6 Å². The number of rotatable bonds is 4. The molecule has 3 heterocycles. The quantitative estimate of drug-likeness (QED) is 0.162. The normalized spacial score (nSPS) is 17.3. The van der Waals surface area contributed by atoms with Crippen molar-refractivity contribution in [1.82, 2.24) is 9.55 Å². The van der Waals surface area contributed by atoms with Gasteiger partial charge in [-0.25, -0.2) is 4.98 Å². The fourth-order valence-corrected chi connectivity index (χ4v) is 5.64. The van der Waals surface area contributed by atoms with Gasteiger partial charge in [0.25, 0.3) is 0 Å². The van der Waals surface area contributed by atoms with Crippen molar-refractivity contribution < 1.29 is 29.9 Å². The van der Waals surface area contributed by atoms with Gasteiger partial charge in [-0.2, -0.15) is 6.07 Å². The van der Waals surface area contributed by atoms with Crippen molar-refractivity contribution in [2.24, 2.45) is 4.99 Å². The average molecular weight is 598 g/mol. The Balaban J connectivity index is 0.00000253. The van der Waals surface area contributed by atoms with E-state index in [1.54, 1.807) is 6.20 Å². The molecule has 2 aromatic heterocycles. The maximum atomic E-state index is 6.27. The van der Waals surface area contributed by atoms with Crippen molar-refractivity contribution in [1.29, 1.82) is 0 Å². The van der Waals surface area contributed by atoms with E-state index in [1.807, 2.05) is 48.5 Å². The number of aliphatic imine (C=N–C) groups is 1. The third kappa shape index (κ3) is 3.96. The van der Waals surface area contributed by atoms with E-state index in [1.165, 1.54) is 11.1 Å². The molecule has 190 valence electrons. The second-order valence-corrected chi connectivity index (χ2v) is 9.59. The Morgan fingerprint density at radius 2 is 1.64 bits per heavy atom. The largest absolute Gasteiger partial charge is 2.00 e. The maximum absolute atomic E-state index is 6.27. The van der Waals surface area contributed by atoms with Gasteiger partial charge in [-0.05, 0) is 34.7 Å². The Labute approximate surface area is 239 Å². The first-order chi connectivity index (χ1) is 18.8. The maximum Gasteiger partial charge on any atom is 2.00 e. The van der Waals surface area contributed by atoms with E-state index in [-0.39, 0.29) is 32.6 Å². The molecule has 39 heavy (non-hydrogen) atoms. The van der Waals surface area contributed by atoms with E-state index in [2.05, 4.69) is 70.2 Å². The van der Waals surface area contributed by atoms with Gasteiger partial charge in [0.05, 0.1) is 0 Å². The van der Waals surface area contributed by atoms with Crippen LogP contribution in [0.2, 0.25) is 0 Å². The summed E-state index contributed by atoms with van der Waals surface area (Å²) in [5.41, 5.74) is 5.35. The molecule has 6 aromatic rings. The number of fused-ring (bicyclic) bond motifs is 6. The molecule has 5 nitrogen and oxygen atoms in total. The number of hydrogen-bond donors (Lipinski definition) is 0. The minimum Gasteiger partial charge on any atom is -0.514 e. The number of benzene rings is 4. The van der Waals surface area contributed by atoms with Crippen LogP contribution in [0, 0.1) is 12.1 Å². The molecule has 8 rings (SSSR count). The molecular weight excluding hydrogens is 577 g/mol. The van der Waals surface area contributed by atoms with Crippen molar-refractivity contribution >= 4 is 27.7 Å². The number of para-hydroxylation sites is 1. The minimum atomic E-state index is 0. The van der Waals surface area contributed by atoms with E-state index in [9.17, 15) is 0 Å². The zero-order chi connectivity index (χ0) is 25.1. The molecule has 4 aromatic carbocycles. The standard InChI is InChI=1S/C33H21N3O2.Pd/c1-2-11-25-21(8-1)19-30-32(25)35-33(38-30)22-9-7-10-23(18-22)37-24-15-16-27-26-12-3-4-13-28(26)36(29(27)20-24)31-14-5-6-17-34-31;/h1-17,30,32H,19H2;/q-2;+2/t30-,32+;/m1./s1. The third-order valence-electron chi connectivity index (χ3n) is 7.32. The van der Waals surface area contributed by atoms with E-state index >= 15 is 0 Å². The molecule has 2 atom stereocenters. The van der Waals surface area contributed by atoms with Crippen molar-refractivity contribution in [2.45, 2.75) is 18.6 Å². The van der Waals surface area contributed by atoms with E-state index < -0.39 is 0 Å². The Bertz CT molecular complexity index is 1880. The van der Waals surface area contributed by atoms with Crippen LogP contribution in [0.5, 0.6) is 11.5 Å². The Morgan fingerprint density at radius 3 is 2.56 bits per heavy atom. The summed E-state index contributed by atoms with van der Waals surface area (Å²) >= 11 is 0. The number of nitrogens with zero attached hydrogens (tertiary/aromatic N) is 3. The molecule has 0 saturated heterocycles. The predicted molar refractivity (Wildman–Crippen MR) is 147 cm³/mol. The molecule has 6 heteroatoms. The fourth-order valence-electron chi connectivity index (χ4n) is 5.64. The second kappa shape index (κ2) is 9.50. The summed E-state index contributed by atoms with van der Waals surface area (Å²) < 4.78 is 14.6. The summed E-state index contributed by atoms with van der Waals surface area (Å²) in [6.45, 7) is 0. The van der Waals surface area contributed by atoms with E-state index in [0.717, 1.165) is 39.6 Å². The summed E-state index contributed by atoms with van der Waals surface area (Å²) in [6.07, 6.45) is 2.73. The van der Waals surface area contributed by atoms with Crippen LogP contribution in [-0.4, -0.2) is 21.6 Å². The van der Waals surface area contributed by atoms with Crippen LogP contribution in [0.1, 0.15) is 22.7 Å². The van der Waals surface area contributed by atoms with Crippen molar-refractivity contribution in [3.63, 3.8) is 0 Å². The molecule has 0 unspecified atom stereocenters. The van der Waals surface area contributed by atoms with Gasteiger partial charge in [-0.3, -0.25) is 4.99 Å². The smallest absolute Gasteiger partial charge is 0.514 e. The number of aromatic nitrogens is 2. The molecule has 0 radical (unpaired) electrons. The molecule has 0 spiro atoms. The Morgan fingerprint density at radius 1 is 0.795 bits per heavy atom. The first-order valence-corrected chi connectivity index (χ1v) is 12.7. The monoisotopic (exact) mass is 597 g/mol. The Hall–Kier alpha value is -4.24. The summed E-state index contributed by atoms with van der Waals surface area (Å²) in [4.78, 5) is 9.51. The average Bonchev–Trinajstić information content (AvgIpc) is 3.63. The fraction of sp³-hybridized carbons (Fsp3) is 0.0909. The summed E-state index contributed by atoms with van der Waals surface area (Å²) in [5, 5.41) is 2.24. The summed E-state index contributed by atoms with van der Waals surface area (Å²) in [7, 11) is 0. The van der Waals surface area contributed by atoms with Gasteiger partial charge in [0.2, 0.25) is 0 Å². The van der Waals surface area contributed by atoms with Gasteiger partial charge in [-0.1, -0.05) is 65.7 Å². The molecule has 0 saturated carbocycles. The first-order valence-electron chi connectivity index (χ1n) is 12.7. The van der Waals surface area contributed by atoms with Gasteiger partial charge in [0.1, 0.15) is 23.9 Å². The van der Waals surface area contributed by atoms with Crippen LogP contribution >= 0.6 is 0 Å². The molecule has 0 bridgehead atoms. The van der Waals surface area contributed by atoms with E-state index in [0.29, 0.717) is 17.4 Å². The van der Waals surface area contributed by atoms with Crippen LogP contribution < -0.4 is 4.74 Å². The van der Waals surface area contributed by atoms with Gasteiger partial charge in [-0.15, -0.1) is 35.7 Å². The zero-order valence-electron chi connectivity index (χ0n) is 20.7. The topological polar surface area (TPSA) is 48.6 Å². The van der Waals surface area contributed by atoms with Gasteiger partial charge >= 0.3 is 20.4 Å². The van der Waals surface area contributed by atoms with Crippen molar-refractivity contribution in [3.8, 4) is 17.3 Å². The SMILES string of the molecule is [Pd+2].[c-]1c(Oc2[c-]c3c(cc2)c2ccccc2n3-c2ccccn2)cccc1C1=N[C@H]2c3ccccc3C[C@H]2O1. The van der Waals surface area contributed by atoms with Crippen molar-refractivity contribution in [3.05, 3.63) is 132 Å². The number of ether oxygens (including phenoxy) is 2. The molecular formula is C33H21N3O2Pd. The zero-order valence-corrected chi connectivity index (χ0v) is 22.2. The molecule has 0 fully saturated rings. The van der Waals surface area contributed by atoms with Crippen LogP contribution in [0.4, 0.5) is 0 Å². The molecule has 2 aliphatic rings.